The first-order valence-electron chi connectivity index (χ1n) is 11.2. The average Bonchev–Trinajstić information content (AvgIpc) is 2.72. The summed E-state index contributed by atoms with van der Waals surface area (Å²) in [5, 5.41) is 3.34. The molecule has 0 saturated heterocycles. The quantitative estimate of drug-likeness (QED) is 0.263. The van der Waals surface area contributed by atoms with E-state index in [2.05, 4.69) is 85.8 Å². The topological polar surface area (TPSA) is 44.5 Å². The summed E-state index contributed by atoms with van der Waals surface area (Å²) in [6.07, 6.45) is 8.88. The fraction of sp³-hybridized carbons (Fsp3) is 0.538. The molecule has 0 heterocycles. The molecule has 1 atom stereocenters. The highest BCUT2D eigenvalue weighted by atomic mass is 15.1. The molecule has 0 aliphatic heterocycles. The molecule has 0 spiro atoms. The number of anilines is 1. The molecule has 0 aliphatic rings. The van der Waals surface area contributed by atoms with Crippen LogP contribution in [-0.4, -0.2) is 45.3 Å². The molecule has 0 bridgehead atoms. The molecule has 0 fully saturated rings. The molecule has 4 heteroatoms. The number of benzene rings is 1. The van der Waals surface area contributed by atoms with Gasteiger partial charge in [-0.1, -0.05) is 43.4 Å². The zero-order chi connectivity index (χ0) is 22.5. The molecule has 1 aromatic rings. The summed E-state index contributed by atoms with van der Waals surface area (Å²) < 4.78 is 0. The van der Waals surface area contributed by atoms with Crippen molar-refractivity contribution in [2.75, 3.05) is 45.3 Å². The summed E-state index contributed by atoms with van der Waals surface area (Å²) >= 11 is 0. The van der Waals surface area contributed by atoms with Gasteiger partial charge >= 0.3 is 0 Å². The minimum atomic E-state index is 0.577. The van der Waals surface area contributed by atoms with Crippen LogP contribution >= 0.6 is 0 Å². The van der Waals surface area contributed by atoms with Crippen molar-refractivity contribution in [2.45, 2.75) is 47.1 Å². The van der Waals surface area contributed by atoms with Gasteiger partial charge < -0.3 is 16.0 Å². The molecule has 30 heavy (non-hydrogen) atoms. The van der Waals surface area contributed by atoms with Gasteiger partial charge in [0.2, 0.25) is 0 Å². The molecule has 1 unspecified atom stereocenters. The molecule has 3 N–H and O–H groups in total. The molecule has 0 aliphatic carbocycles. The second-order valence-corrected chi connectivity index (χ2v) is 8.46. The van der Waals surface area contributed by atoms with Crippen molar-refractivity contribution in [2.24, 2.45) is 11.7 Å². The van der Waals surface area contributed by atoms with E-state index in [0.717, 1.165) is 39.0 Å². The highest BCUT2D eigenvalue weighted by molar-refractivity contribution is 5.52. The van der Waals surface area contributed by atoms with Gasteiger partial charge in [-0.3, -0.25) is 4.90 Å². The fourth-order valence-electron chi connectivity index (χ4n) is 3.60. The van der Waals surface area contributed by atoms with Crippen LogP contribution in [0.2, 0.25) is 0 Å². The van der Waals surface area contributed by atoms with Gasteiger partial charge in [0.15, 0.2) is 0 Å². The highest BCUT2D eigenvalue weighted by Gasteiger charge is 2.11. The number of nitrogens with one attached hydrogen (secondary N) is 1. The van der Waals surface area contributed by atoms with Crippen molar-refractivity contribution in [3.8, 4) is 0 Å². The Morgan fingerprint density at radius 1 is 1.27 bits per heavy atom. The standard InChI is InChI=1S/C26H44N4/c1-8-23(19-29(7)20-27)12-10-11-22(5)15-24-13-14-26(16-25(24)17-28-6)30(9-2)18-21(3)4/h8,10,12-14,16,22,28H,3,9,11,15,17-20,27H2,1-2,4-7H3. The first-order valence-corrected chi connectivity index (χ1v) is 11.2. The molecular weight excluding hydrogens is 368 g/mol. The van der Waals surface area contributed by atoms with E-state index in [0.29, 0.717) is 12.6 Å². The normalized spacial score (nSPS) is 13.3. The lowest BCUT2D eigenvalue weighted by Gasteiger charge is -2.25. The van der Waals surface area contributed by atoms with Gasteiger partial charge in [-0.05, 0) is 82.5 Å². The number of hydrogen-bond acceptors (Lipinski definition) is 4. The third kappa shape index (κ3) is 9.29. The summed E-state index contributed by atoms with van der Waals surface area (Å²) in [5.41, 5.74) is 12.3. The Labute approximate surface area is 185 Å². The Hall–Kier alpha value is -1.88. The summed E-state index contributed by atoms with van der Waals surface area (Å²) in [4.78, 5) is 4.50. The molecule has 0 saturated carbocycles. The predicted molar refractivity (Wildman–Crippen MR) is 134 cm³/mol. The maximum atomic E-state index is 5.70. The molecule has 1 aromatic carbocycles. The van der Waals surface area contributed by atoms with E-state index >= 15 is 0 Å². The monoisotopic (exact) mass is 412 g/mol. The highest BCUT2D eigenvalue weighted by Crippen LogP contribution is 2.24. The molecule has 0 amide bonds. The first-order chi connectivity index (χ1) is 14.3. The van der Waals surface area contributed by atoms with Crippen LogP contribution in [0.5, 0.6) is 0 Å². The number of nitrogens with zero attached hydrogens (tertiary/aromatic N) is 2. The van der Waals surface area contributed by atoms with E-state index < -0.39 is 0 Å². The first kappa shape index (κ1) is 26.2. The van der Waals surface area contributed by atoms with Gasteiger partial charge in [0.1, 0.15) is 0 Å². The maximum Gasteiger partial charge on any atom is 0.0455 e. The van der Waals surface area contributed by atoms with Crippen LogP contribution in [0.3, 0.4) is 0 Å². The van der Waals surface area contributed by atoms with Crippen molar-refractivity contribution >= 4 is 5.69 Å². The Morgan fingerprint density at radius 3 is 2.57 bits per heavy atom. The maximum absolute atomic E-state index is 5.70. The fourth-order valence-corrected chi connectivity index (χ4v) is 3.60. The van der Waals surface area contributed by atoms with Crippen LogP contribution in [0, 0.1) is 5.92 Å². The van der Waals surface area contributed by atoms with Gasteiger partial charge in [0, 0.05) is 38.5 Å². The average molecular weight is 413 g/mol. The molecule has 168 valence electrons. The molecule has 1 rings (SSSR count). The molecule has 0 aromatic heterocycles. The predicted octanol–water partition coefficient (Wildman–Crippen LogP) is 4.73. The Morgan fingerprint density at radius 2 is 2.00 bits per heavy atom. The zero-order valence-electron chi connectivity index (χ0n) is 20.2. The Kier molecular flexibility index (Phi) is 12.4. The van der Waals surface area contributed by atoms with Gasteiger partial charge in [-0.25, -0.2) is 0 Å². The SMILES string of the molecule is C=C(C)CN(CC)c1ccc(CC(C)CC=CC(=CC)CN(C)CN)c(CNC)c1. The van der Waals surface area contributed by atoms with E-state index in [1.165, 1.54) is 28.0 Å². The second kappa shape index (κ2) is 14.2. The van der Waals surface area contributed by atoms with Crippen molar-refractivity contribution in [3.63, 3.8) is 0 Å². The van der Waals surface area contributed by atoms with Gasteiger partial charge in [-0.15, -0.1) is 0 Å². The smallest absolute Gasteiger partial charge is 0.0455 e. The number of nitrogens with two attached hydrogens (primary N) is 1. The van der Waals surface area contributed by atoms with Crippen LogP contribution in [0.15, 0.2) is 54.2 Å². The Balaban J connectivity index is 2.83. The van der Waals surface area contributed by atoms with E-state index in [1.54, 1.807) is 0 Å². The number of allylic oxidation sites excluding steroid dienone is 2. The zero-order valence-corrected chi connectivity index (χ0v) is 20.2. The van der Waals surface area contributed by atoms with Crippen LogP contribution < -0.4 is 16.0 Å². The minimum Gasteiger partial charge on any atom is -0.368 e. The van der Waals surface area contributed by atoms with Crippen LogP contribution in [0.4, 0.5) is 5.69 Å². The van der Waals surface area contributed by atoms with Crippen LogP contribution in [0.1, 0.15) is 45.2 Å². The number of rotatable bonds is 14. The van der Waals surface area contributed by atoms with E-state index in [9.17, 15) is 0 Å². The van der Waals surface area contributed by atoms with E-state index in [1.807, 2.05) is 14.1 Å². The molecular formula is C26H44N4. The number of hydrogen-bond donors (Lipinski definition) is 2. The summed E-state index contributed by atoms with van der Waals surface area (Å²) in [5.74, 6) is 0.589. The van der Waals surface area contributed by atoms with Crippen molar-refractivity contribution < 1.29 is 0 Å². The summed E-state index contributed by atoms with van der Waals surface area (Å²) in [6.45, 7) is 17.1. The van der Waals surface area contributed by atoms with Gasteiger partial charge in [0.05, 0.1) is 0 Å². The lowest BCUT2D eigenvalue weighted by atomic mass is 9.93. The van der Waals surface area contributed by atoms with Crippen molar-refractivity contribution in [1.29, 1.82) is 0 Å². The van der Waals surface area contributed by atoms with Gasteiger partial charge in [0.25, 0.3) is 0 Å². The lowest BCUT2D eigenvalue weighted by Crippen LogP contribution is -2.27. The van der Waals surface area contributed by atoms with Crippen LogP contribution in [-0.2, 0) is 13.0 Å². The molecule has 0 radical (unpaired) electrons. The van der Waals surface area contributed by atoms with Crippen molar-refractivity contribution in [1.82, 2.24) is 10.2 Å². The summed E-state index contributed by atoms with van der Waals surface area (Å²) in [7, 11) is 4.06. The Bertz CT molecular complexity index is 705. The largest absolute Gasteiger partial charge is 0.368 e. The third-order valence-corrected chi connectivity index (χ3v) is 5.34. The second-order valence-electron chi connectivity index (χ2n) is 8.46. The van der Waals surface area contributed by atoms with Crippen LogP contribution in [0.25, 0.3) is 0 Å². The number of likely N-dealkylation sites (N-methyl/N-ethyl adjacent to an activating group) is 2. The minimum absolute atomic E-state index is 0.577. The van der Waals surface area contributed by atoms with Gasteiger partial charge in [-0.2, -0.15) is 0 Å². The van der Waals surface area contributed by atoms with E-state index in [4.69, 9.17) is 5.73 Å². The third-order valence-electron chi connectivity index (χ3n) is 5.34. The molecule has 4 nitrogen and oxygen atoms in total. The van der Waals surface area contributed by atoms with Crippen molar-refractivity contribution in [3.05, 3.63) is 65.3 Å². The summed E-state index contributed by atoms with van der Waals surface area (Å²) in [6, 6.07) is 6.93. The lowest BCUT2D eigenvalue weighted by molar-refractivity contribution is 0.376. The van der Waals surface area contributed by atoms with E-state index in [-0.39, 0.29) is 0 Å².